The first-order valence-corrected chi connectivity index (χ1v) is 4.06. The SMILES string of the molecule is C/C=C/CCC(CC)C(=O)O. The van der Waals surface area contributed by atoms with Gasteiger partial charge in [0.1, 0.15) is 0 Å². The summed E-state index contributed by atoms with van der Waals surface area (Å²) in [6.45, 7) is 3.86. The summed E-state index contributed by atoms with van der Waals surface area (Å²) < 4.78 is 0. The number of allylic oxidation sites excluding steroid dienone is 2. The lowest BCUT2D eigenvalue weighted by Crippen LogP contribution is -2.11. The van der Waals surface area contributed by atoms with Gasteiger partial charge in [0.15, 0.2) is 0 Å². The van der Waals surface area contributed by atoms with E-state index in [2.05, 4.69) is 0 Å². The molecule has 1 atom stereocenters. The third-order valence-corrected chi connectivity index (χ3v) is 1.76. The lowest BCUT2D eigenvalue weighted by atomic mass is 10.0. The Kier molecular flexibility index (Phi) is 5.53. The van der Waals surface area contributed by atoms with E-state index in [1.54, 1.807) is 0 Å². The number of hydrogen-bond donors (Lipinski definition) is 1. The Balaban J connectivity index is 3.61. The summed E-state index contributed by atoms with van der Waals surface area (Å²) >= 11 is 0. The second-order valence-electron chi connectivity index (χ2n) is 2.59. The lowest BCUT2D eigenvalue weighted by Gasteiger charge is -2.06. The molecular weight excluding hydrogens is 140 g/mol. The lowest BCUT2D eigenvalue weighted by molar-refractivity contribution is -0.142. The van der Waals surface area contributed by atoms with Gasteiger partial charge in [0.25, 0.3) is 0 Å². The predicted octanol–water partition coefficient (Wildman–Crippen LogP) is 2.45. The van der Waals surface area contributed by atoms with Crippen LogP contribution in [0.3, 0.4) is 0 Å². The Labute approximate surface area is 67.9 Å². The minimum absolute atomic E-state index is 0.161. The minimum Gasteiger partial charge on any atom is -0.481 e. The quantitative estimate of drug-likeness (QED) is 0.621. The van der Waals surface area contributed by atoms with Crippen LogP contribution < -0.4 is 0 Å². The van der Waals surface area contributed by atoms with Gasteiger partial charge in [-0.05, 0) is 26.2 Å². The number of aliphatic carboxylic acids is 1. The van der Waals surface area contributed by atoms with Crippen molar-refractivity contribution < 1.29 is 9.90 Å². The standard InChI is InChI=1S/C9H16O2/c1-3-5-6-7-8(4-2)9(10)11/h3,5,8H,4,6-7H2,1-2H3,(H,10,11)/b5-3+. The summed E-state index contributed by atoms with van der Waals surface area (Å²) in [5.41, 5.74) is 0. The molecule has 11 heavy (non-hydrogen) atoms. The number of carbonyl (C=O) groups is 1. The normalized spacial score (nSPS) is 13.6. The molecule has 64 valence electrons. The monoisotopic (exact) mass is 156 g/mol. The first kappa shape index (κ1) is 10.2. The van der Waals surface area contributed by atoms with Crippen LogP contribution in [-0.2, 0) is 4.79 Å². The summed E-state index contributed by atoms with van der Waals surface area (Å²) in [4.78, 5) is 10.5. The van der Waals surface area contributed by atoms with Crippen LogP contribution in [0.2, 0.25) is 0 Å². The third kappa shape index (κ3) is 4.59. The molecule has 0 radical (unpaired) electrons. The summed E-state index contributed by atoms with van der Waals surface area (Å²) in [7, 11) is 0. The van der Waals surface area contributed by atoms with Crippen molar-refractivity contribution >= 4 is 5.97 Å². The van der Waals surface area contributed by atoms with Crippen molar-refractivity contribution in [1.29, 1.82) is 0 Å². The average Bonchev–Trinajstić information content (AvgIpc) is 1.97. The van der Waals surface area contributed by atoms with Crippen molar-refractivity contribution in [3.63, 3.8) is 0 Å². The van der Waals surface area contributed by atoms with E-state index >= 15 is 0 Å². The predicted molar refractivity (Wildman–Crippen MR) is 45.5 cm³/mol. The third-order valence-electron chi connectivity index (χ3n) is 1.76. The molecule has 0 amide bonds. The van der Waals surface area contributed by atoms with Crippen molar-refractivity contribution in [2.75, 3.05) is 0 Å². The number of hydrogen-bond acceptors (Lipinski definition) is 1. The summed E-state index contributed by atoms with van der Waals surface area (Å²) in [6, 6.07) is 0. The molecule has 0 saturated carbocycles. The van der Waals surface area contributed by atoms with E-state index in [0.717, 1.165) is 19.3 Å². The van der Waals surface area contributed by atoms with Crippen LogP contribution in [0.1, 0.15) is 33.1 Å². The van der Waals surface area contributed by atoms with E-state index in [0.29, 0.717) is 0 Å². The van der Waals surface area contributed by atoms with Gasteiger partial charge in [0.2, 0.25) is 0 Å². The van der Waals surface area contributed by atoms with Crippen LogP contribution in [0.15, 0.2) is 12.2 Å². The molecule has 1 unspecified atom stereocenters. The molecule has 0 aromatic carbocycles. The molecule has 0 heterocycles. The van der Waals surface area contributed by atoms with Gasteiger partial charge >= 0.3 is 5.97 Å². The van der Waals surface area contributed by atoms with Gasteiger partial charge in [-0.2, -0.15) is 0 Å². The van der Waals surface area contributed by atoms with Gasteiger partial charge in [0, 0.05) is 0 Å². The molecule has 0 aliphatic heterocycles. The fraction of sp³-hybridized carbons (Fsp3) is 0.667. The first-order valence-electron chi connectivity index (χ1n) is 4.06. The van der Waals surface area contributed by atoms with Crippen LogP contribution in [0.5, 0.6) is 0 Å². The van der Waals surface area contributed by atoms with Crippen molar-refractivity contribution in [3.8, 4) is 0 Å². The maximum absolute atomic E-state index is 10.5. The van der Waals surface area contributed by atoms with E-state index in [1.807, 2.05) is 26.0 Å². The molecule has 0 aliphatic rings. The second kappa shape index (κ2) is 5.96. The number of rotatable bonds is 5. The Morgan fingerprint density at radius 2 is 2.27 bits per heavy atom. The van der Waals surface area contributed by atoms with E-state index in [4.69, 9.17) is 5.11 Å². The second-order valence-corrected chi connectivity index (χ2v) is 2.59. The summed E-state index contributed by atoms with van der Waals surface area (Å²) in [5.74, 6) is -0.830. The first-order chi connectivity index (χ1) is 5.22. The van der Waals surface area contributed by atoms with Gasteiger partial charge in [-0.1, -0.05) is 19.1 Å². The van der Waals surface area contributed by atoms with Gasteiger partial charge in [-0.15, -0.1) is 0 Å². The van der Waals surface area contributed by atoms with Gasteiger partial charge in [-0.3, -0.25) is 4.79 Å². The topological polar surface area (TPSA) is 37.3 Å². The summed E-state index contributed by atoms with van der Waals surface area (Å²) in [5, 5.41) is 8.65. The number of carboxylic acids is 1. The van der Waals surface area contributed by atoms with Crippen LogP contribution >= 0.6 is 0 Å². The highest BCUT2D eigenvalue weighted by molar-refractivity contribution is 5.69. The fourth-order valence-corrected chi connectivity index (χ4v) is 0.966. The zero-order valence-corrected chi connectivity index (χ0v) is 7.21. The highest BCUT2D eigenvalue weighted by Crippen LogP contribution is 2.10. The maximum Gasteiger partial charge on any atom is 0.306 e. The number of carboxylic acid groups (broad SMARTS) is 1. The molecule has 0 fully saturated rings. The van der Waals surface area contributed by atoms with Crippen LogP contribution in [-0.4, -0.2) is 11.1 Å². The zero-order chi connectivity index (χ0) is 8.69. The maximum atomic E-state index is 10.5. The van der Waals surface area contributed by atoms with E-state index in [-0.39, 0.29) is 5.92 Å². The van der Waals surface area contributed by atoms with Crippen molar-refractivity contribution in [1.82, 2.24) is 0 Å². The molecule has 0 aromatic rings. The van der Waals surface area contributed by atoms with Crippen molar-refractivity contribution in [2.45, 2.75) is 33.1 Å². The molecule has 0 spiro atoms. The van der Waals surface area contributed by atoms with Crippen LogP contribution in [0.4, 0.5) is 0 Å². The Morgan fingerprint density at radius 3 is 2.64 bits per heavy atom. The van der Waals surface area contributed by atoms with Gasteiger partial charge < -0.3 is 5.11 Å². The highest BCUT2D eigenvalue weighted by Gasteiger charge is 2.12. The van der Waals surface area contributed by atoms with E-state index in [9.17, 15) is 4.79 Å². The molecule has 0 bridgehead atoms. The zero-order valence-electron chi connectivity index (χ0n) is 7.21. The van der Waals surface area contributed by atoms with Gasteiger partial charge in [0.05, 0.1) is 5.92 Å². The van der Waals surface area contributed by atoms with Crippen molar-refractivity contribution in [2.24, 2.45) is 5.92 Å². The van der Waals surface area contributed by atoms with E-state index < -0.39 is 5.97 Å². The average molecular weight is 156 g/mol. The molecular formula is C9H16O2. The van der Waals surface area contributed by atoms with Crippen molar-refractivity contribution in [3.05, 3.63) is 12.2 Å². The Morgan fingerprint density at radius 1 is 1.64 bits per heavy atom. The molecule has 2 nitrogen and oxygen atoms in total. The van der Waals surface area contributed by atoms with Gasteiger partial charge in [-0.25, -0.2) is 0 Å². The molecule has 0 aliphatic carbocycles. The van der Waals surface area contributed by atoms with Crippen LogP contribution in [0, 0.1) is 5.92 Å². The molecule has 1 N–H and O–H groups in total. The Bertz CT molecular complexity index is 138. The van der Waals surface area contributed by atoms with E-state index in [1.165, 1.54) is 0 Å². The molecule has 0 saturated heterocycles. The smallest absolute Gasteiger partial charge is 0.306 e. The minimum atomic E-state index is -0.669. The van der Waals surface area contributed by atoms with Crippen LogP contribution in [0.25, 0.3) is 0 Å². The molecule has 2 heteroatoms. The Hall–Kier alpha value is -0.790. The highest BCUT2D eigenvalue weighted by atomic mass is 16.4. The fourth-order valence-electron chi connectivity index (χ4n) is 0.966. The largest absolute Gasteiger partial charge is 0.481 e. The summed E-state index contributed by atoms with van der Waals surface area (Å²) in [6.07, 6.45) is 6.32. The molecule has 0 rings (SSSR count). The molecule has 0 aromatic heterocycles.